The number of ether oxygens (including phenoxy) is 3. The SMILES string of the molecule is CC1(C)OC2CCC3=C(CCN4C(=O)OC[C@@H]34)C2O1. The molecule has 1 amide bonds. The molecular formula is C14H19NO4. The number of hydrogen-bond donors (Lipinski definition) is 0. The normalized spacial score (nSPS) is 39.8. The molecule has 0 aromatic carbocycles. The Kier molecular flexibility index (Phi) is 2.30. The van der Waals surface area contributed by atoms with Crippen molar-refractivity contribution in [2.75, 3.05) is 13.2 Å². The molecule has 0 bridgehead atoms. The average Bonchev–Trinajstić information content (AvgIpc) is 2.88. The van der Waals surface area contributed by atoms with Gasteiger partial charge in [-0.25, -0.2) is 4.79 Å². The lowest BCUT2D eigenvalue weighted by molar-refractivity contribution is -0.143. The van der Waals surface area contributed by atoms with Crippen molar-refractivity contribution in [3.8, 4) is 0 Å². The van der Waals surface area contributed by atoms with Gasteiger partial charge in [0.15, 0.2) is 5.79 Å². The summed E-state index contributed by atoms with van der Waals surface area (Å²) in [4.78, 5) is 13.5. The molecule has 0 aromatic heterocycles. The first-order chi connectivity index (χ1) is 9.05. The molecule has 19 heavy (non-hydrogen) atoms. The Balaban J connectivity index is 1.69. The maximum absolute atomic E-state index is 11.6. The van der Waals surface area contributed by atoms with E-state index in [9.17, 15) is 4.79 Å². The van der Waals surface area contributed by atoms with Gasteiger partial charge in [0.2, 0.25) is 0 Å². The number of cyclic esters (lactones) is 1. The molecule has 2 saturated heterocycles. The molecule has 0 N–H and O–H groups in total. The van der Waals surface area contributed by atoms with Crippen LogP contribution in [-0.4, -0.2) is 48.2 Å². The molecule has 4 rings (SSSR count). The van der Waals surface area contributed by atoms with Gasteiger partial charge in [-0.05, 0) is 44.3 Å². The first-order valence-corrected chi connectivity index (χ1v) is 7.06. The lowest BCUT2D eigenvalue weighted by atomic mass is 9.80. The molecule has 3 heterocycles. The lowest BCUT2D eigenvalue weighted by Gasteiger charge is -2.38. The molecule has 4 aliphatic rings. The third-order valence-corrected chi connectivity index (χ3v) is 4.64. The molecule has 0 spiro atoms. The second kappa shape index (κ2) is 3.73. The molecule has 104 valence electrons. The van der Waals surface area contributed by atoms with E-state index in [-0.39, 0.29) is 24.3 Å². The van der Waals surface area contributed by atoms with E-state index in [0.29, 0.717) is 6.61 Å². The number of hydrogen-bond acceptors (Lipinski definition) is 4. The predicted molar refractivity (Wildman–Crippen MR) is 66.5 cm³/mol. The van der Waals surface area contributed by atoms with Gasteiger partial charge in [0.1, 0.15) is 12.7 Å². The summed E-state index contributed by atoms with van der Waals surface area (Å²) in [5.41, 5.74) is 2.72. The maximum Gasteiger partial charge on any atom is 0.410 e. The Morgan fingerprint density at radius 2 is 2.05 bits per heavy atom. The van der Waals surface area contributed by atoms with E-state index in [4.69, 9.17) is 14.2 Å². The second-order valence-electron chi connectivity index (χ2n) is 6.22. The third-order valence-electron chi connectivity index (χ3n) is 4.64. The number of rotatable bonds is 0. The number of amides is 1. The van der Waals surface area contributed by atoms with Crippen molar-refractivity contribution < 1.29 is 19.0 Å². The zero-order valence-corrected chi connectivity index (χ0v) is 11.3. The van der Waals surface area contributed by atoms with Crippen LogP contribution in [0.3, 0.4) is 0 Å². The van der Waals surface area contributed by atoms with Crippen molar-refractivity contribution >= 4 is 6.09 Å². The second-order valence-corrected chi connectivity index (χ2v) is 6.22. The van der Waals surface area contributed by atoms with Crippen LogP contribution in [-0.2, 0) is 14.2 Å². The highest BCUT2D eigenvalue weighted by molar-refractivity contribution is 5.71. The van der Waals surface area contributed by atoms with Crippen LogP contribution in [0, 0.1) is 0 Å². The minimum atomic E-state index is -0.489. The van der Waals surface area contributed by atoms with Crippen LogP contribution in [0.1, 0.15) is 33.1 Å². The molecule has 0 saturated carbocycles. The van der Waals surface area contributed by atoms with E-state index >= 15 is 0 Å². The summed E-state index contributed by atoms with van der Waals surface area (Å²) >= 11 is 0. The molecule has 3 atom stereocenters. The zero-order chi connectivity index (χ0) is 13.2. The largest absolute Gasteiger partial charge is 0.447 e. The smallest absolute Gasteiger partial charge is 0.410 e. The van der Waals surface area contributed by atoms with E-state index in [0.717, 1.165) is 25.8 Å². The van der Waals surface area contributed by atoms with E-state index in [2.05, 4.69) is 0 Å². The van der Waals surface area contributed by atoms with Gasteiger partial charge in [0.25, 0.3) is 0 Å². The molecular weight excluding hydrogens is 246 g/mol. The van der Waals surface area contributed by atoms with E-state index in [1.54, 1.807) is 0 Å². The quantitative estimate of drug-likeness (QED) is 0.627. The van der Waals surface area contributed by atoms with E-state index in [1.165, 1.54) is 11.1 Å². The molecule has 2 fully saturated rings. The number of nitrogens with zero attached hydrogens (tertiary/aromatic N) is 1. The predicted octanol–water partition coefficient (Wildman–Crippen LogP) is 1.82. The number of carbonyl (C=O) groups excluding carboxylic acids is 1. The molecule has 5 heteroatoms. The van der Waals surface area contributed by atoms with E-state index in [1.807, 2.05) is 18.7 Å². The average molecular weight is 265 g/mol. The van der Waals surface area contributed by atoms with Gasteiger partial charge in [-0.15, -0.1) is 0 Å². The fraction of sp³-hybridized carbons (Fsp3) is 0.786. The van der Waals surface area contributed by atoms with Crippen LogP contribution >= 0.6 is 0 Å². The molecule has 1 aliphatic carbocycles. The highest BCUT2D eigenvalue weighted by atomic mass is 16.8. The molecule has 0 aromatic rings. The Hall–Kier alpha value is -1.07. The summed E-state index contributed by atoms with van der Waals surface area (Å²) in [5, 5.41) is 0. The summed E-state index contributed by atoms with van der Waals surface area (Å²) in [6, 6.07) is 0.143. The summed E-state index contributed by atoms with van der Waals surface area (Å²) < 4.78 is 17.2. The van der Waals surface area contributed by atoms with Crippen molar-refractivity contribution in [2.24, 2.45) is 0 Å². The number of fused-ring (bicyclic) bond motifs is 4. The third kappa shape index (κ3) is 1.64. The van der Waals surface area contributed by atoms with Crippen LogP contribution in [0.25, 0.3) is 0 Å². The van der Waals surface area contributed by atoms with Crippen molar-refractivity contribution in [1.82, 2.24) is 4.90 Å². The molecule has 2 unspecified atom stereocenters. The fourth-order valence-electron chi connectivity index (χ4n) is 3.89. The minimum absolute atomic E-state index is 0.0802. The molecule has 5 nitrogen and oxygen atoms in total. The standard InChI is InChI=1S/C14H19NO4/c1-14(2)18-11-4-3-8-9(12(11)19-14)5-6-15-10(8)7-17-13(15)16/h10-12H,3-7H2,1-2H3/t10-,11?,12?/m0/s1. The monoisotopic (exact) mass is 265 g/mol. The van der Waals surface area contributed by atoms with Gasteiger partial charge in [-0.1, -0.05) is 0 Å². The van der Waals surface area contributed by atoms with Crippen molar-refractivity contribution in [3.63, 3.8) is 0 Å². The molecule has 3 aliphatic heterocycles. The van der Waals surface area contributed by atoms with Crippen LogP contribution in [0.5, 0.6) is 0 Å². The van der Waals surface area contributed by atoms with Crippen LogP contribution in [0.15, 0.2) is 11.1 Å². The highest BCUT2D eigenvalue weighted by Crippen LogP contribution is 2.44. The Labute approximate surface area is 112 Å². The summed E-state index contributed by atoms with van der Waals surface area (Å²) in [6.07, 6.45) is 2.96. The van der Waals surface area contributed by atoms with Gasteiger partial charge in [0.05, 0.1) is 12.1 Å². The van der Waals surface area contributed by atoms with Crippen LogP contribution in [0.4, 0.5) is 4.79 Å². The van der Waals surface area contributed by atoms with Crippen molar-refractivity contribution in [3.05, 3.63) is 11.1 Å². The van der Waals surface area contributed by atoms with Crippen LogP contribution in [0.2, 0.25) is 0 Å². The Morgan fingerprint density at radius 1 is 1.21 bits per heavy atom. The van der Waals surface area contributed by atoms with Gasteiger partial charge < -0.3 is 14.2 Å². The van der Waals surface area contributed by atoms with Gasteiger partial charge >= 0.3 is 6.09 Å². The van der Waals surface area contributed by atoms with Gasteiger partial charge in [-0.2, -0.15) is 0 Å². The van der Waals surface area contributed by atoms with Crippen LogP contribution < -0.4 is 0 Å². The van der Waals surface area contributed by atoms with Crippen molar-refractivity contribution in [2.45, 2.75) is 57.1 Å². The van der Waals surface area contributed by atoms with E-state index < -0.39 is 5.79 Å². The fourth-order valence-corrected chi connectivity index (χ4v) is 3.89. The summed E-state index contributed by atoms with van der Waals surface area (Å²) in [6.45, 7) is 5.19. The van der Waals surface area contributed by atoms with Crippen molar-refractivity contribution in [1.29, 1.82) is 0 Å². The number of carbonyl (C=O) groups is 1. The summed E-state index contributed by atoms with van der Waals surface area (Å²) in [5.74, 6) is -0.489. The zero-order valence-electron chi connectivity index (χ0n) is 11.3. The first kappa shape index (κ1) is 11.7. The summed E-state index contributed by atoms with van der Waals surface area (Å²) in [7, 11) is 0. The minimum Gasteiger partial charge on any atom is -0.447 e. The topological polar surface area (TPSA) is 48.0 Å². The van der Waals surface area contributed by atoms with Gasteiger partial charge in [0, 0.05) is 6.54 Å². The first-order valence-electron chi connectivity index (χ1n) is 7.06. The maximum atomic E-state index is 11.6. The Bertz CT molecular complexity index is 470. The molecule has 0 radical (unpaired) electrons. The van der Waals surface area contributed by atoms with Gasteiger partial charge in [-0.3, -0.25) is 4.90 Å². The lowest BCUT2D eigenvalue weighted by Crippen LogP contribution is -2.45. The highest BCUT2D eigenvalue weighted by Gasteiger charge is 2.50. The Morgan fingerprint density at radius 3 is 2.89 bits per heavy atom.